The molecule has 2 heterocycles. The second-order valence-corrected chi connectivity index (χ2v) is 5.47. The van der Waals surface area contributed by atoms with Crippen LogP contribution in [0.1, 0.15) is 11.3 Å². The normalized spacial score (nSPS) is 11.6. The van der Waals surface area contributed by atoms with Crippen LogP contribution in [0.2, 0.25) is 0 Å². The highest BCUT2D eigenvalue weighted by Gasteiger charge is 2.15. The molecule has 0 fully saturated rings. The van der Waals surface area contributed by atoms with Crippen molar-refractivity contribution in [1.29, 1.82) is 0 Å². The van der Waals surface area contributed by atoms with E-state index in [9.17, 15) is 8.42 Å². The maximum atomic E-state index is 11.9. The van der Waals surface area contributed by atoms with Crippen LogP contribution in [0, 0.1) is 0 Å². The van der Waals surface area contributed by atoms with Gasteiger partial charge in [-0.25, -0.2) is 13.1 Å². The van der Waals surface area contributed by atoms with E-state index in [1.165, 1.54) is 12.3 Å². The van der Waals surface area contributed by atoms with Crippen molar-refractivity contribution in [1.82, 2.24) is 14.7 Å². The van der Waals surface area contributed by atoms with Gasteiger partial charge in [0.05, 0.1) is 11.5 Å². The number of nitrogens with one attached hydrogen (secondary N) is 2. The highest BCUT2D eigenvalue weighted by molar-refractivity contribution is 7.89. The molecule has 0 radical (unpaired) electrons. The summed E-state index contributed by atoms with van der Waals surface area (Å²) in [4.78, 5) is 6.64. The molecule has 0 bridgehead atoms. The lowest BCUT2D eigenvalue weighted by molar-refractivity contribution is 0.277. The molecule has 0 aliphatic heterocycles. The Morgan fingerprint density at radius 1 is 1.33 bits per heavy atom. The van der Waals surface area contributed by atoms with Crippen molar-refractivity contribution < 1.29 is 13.5 Å². The van der Waals surface area contributed by atoms with Gasteiger partial charge >= 0.3 is 0 Å². The molecule has 7 heteroatoms. The smallest absolute Gasteiger partial charge is 0.242 e. The van der Waals surface area contributed by atoms with Crippen LogP contribution < -0.4 is 4.72 Å². The van der Waals surface area contributed by atoms with E-state index < -0.39 is 10.0 Å². The Hall–Kier alpha value is -1.70. The molecular formula is C11H13N3O3S. The summed E-state index contributed by atoms with van der Waals surface area (Å²) in [6.07, 6.45) is 4.55. The number of rotatable bonds is 5. The Bertz CT molecular complexity index is 607. The van der Waals surface area contributed by atoms with Crippen LogP contribution in [0.5, 0.6) is 0 Å². The molecule has 2 aromatic heterocycles. The predicted octanol–water partition coefficient (Wildman–Crippen LogP) is 0.380. The maximum Gasteiger partial charge on any atom is 0.242 e. The Morgan fingerprint density at radius 3 is 2.67 bits per heavy atom. The van der Waals surface area contributed by atoms with E-state index in [0.29, 0.717) is 5.69 Å². The number of aromatic amines is 1. The Labute approximate surface area is 105 Å². The Kier molecular flexibility index (Phi) is 3.75. The molecule has 6 nitrogen and oxygen atoms in total. The first-order chi connectivity index (χ1) is 8.62. The van der Waals surface area contributed by atoms with Crippen LogP contribution in [0.25, 0.3) is 0 Å². The average Bonchev–Trinajstić information content (AvgIpc) is 2.87. The molecule has 18 heavy (non-hydrogen) atoms. The second kappa shape index (κ2) is 5.30. The van der Waals surface area contributed by atoms with Gasteiger partial charge in [0.25, 0.3) is 0 Å². The maximum absolute atomic E-state index is 11.9. The van der Waals surface area contributed by atoms with E-state index in [2.05, 4.69) is 14.7 Å². The molecule has 0 aliphatic rings. The summed E-state index contributed by atoms with van der Waals surface area (Å²) < 4.78 is 26.3. The number of aromatic nitrogens is 2. The molecule has 0 saturated heterocycles. The Balaban J connectivity index is 2.08. The van der Waals surface area contributed by atoms with Crippen molar-refractivity contribution in [3.63, 3.8) is 0 Å². The number of H-pyrrole nitrogens is 1. The zero-order valence-electron chi connectivity index (χ0n) is 9.50. The highest BCUT2D eigenvalue weighted by atomic mass is 32.2. The summed E-state index contributed by atoms with van der Waals surface area (Å²) in [5.41, 5.74) is 1.28. The molecule has 0 aliphatic carbocycles. The lowest BCUT2D eigenvalue weighted by atomic mass is 10.3. The molecule has 0 amide bonds. The fourth-order valence-electron chi connectivity index (χ4n) is 1.43. The van der Waals surface area contributed by atoms with Gasteiger partial charge in [0.15, 0.2) is 0 Å². The van der Waals surface area contributed by atoms with E-state index in [4.69, 9.17) is 5.11 Å². The zero-order chi connectivity index (χ0) is 13.0. The minimum atomic E-state index is -3.56. The van der Waals surface area contributed by atoms with Crippen molar-refractivity contribution >= 4 is 10.0 Å². The van der Waals surface area contributed by atoms with E-state index in [-0.39, 0.29) is 18.0 Å². The summed E-state index contributed by atoms with van der Waals surface area (Å²) in [6, 6.07) is 4.87. The first-order valence-electron chi connectivity index (χ1n) is 5.28. The SMILES string of the molecule is O=S(=O)(NCc1ccncc1)c1c[nH]c(CO)c1. The number of pyridine rings is 1. The molecule has 0 spiro atoms. The zero-order valence-corrected chi connectivity index (χ0v) is 10.3. The minimum Gasteiger partial charge on any atom is -0.390 e. The Morgan fingerprint density at radius 2 is 2.06 bits per heavy atom. The topological polar surface area (TPSA) is 95.1 Å². The fraction of sp³-hybridized carbons (Fsp3) is 0.182. The number of sulfonamides is 1. The van der Waals surface area contributed by atoms with Crippen LogP contribution in [0.15, 0.2) is 41.7 Å². The van der Waals surface area contributed by atoms with Crippen LogP contribution in [0.3, 0.4) is 0 Å². The van der Waals surface area contributed by atoms with Crippen molar-refractivity contribution in [3.05, 3.63) is 48.0 Å². The van der Waals surface area contributed by atoms with Gasteiger partial charge in [-0.15, -0.1) is 0 Å². The molecule has 0 unspecified atom stereocenters. The second-order valence-electron chi connectivity index (χ2n) is 3.70. The molecule has 0 atom stereocenters. The third-order valence-corrected chi connectivity index (χ3v) is 3.79. The first kappa shape index (κ1) is 12.7. The molecule has 2 aromatic rings. The summed E-state index contributed by atoms with van der Waals surface area (Å²) in [7, 11) is -3.56. The van der Waals surface area contributed by atoms with Crippen molar-refractivity contribution in [2.24, 2.45) is 0 Å². The van der Waals surface area contributed by atoms with Gasteiger partial charge in [-0.05, 0) is 23.8 Å². The van der Waals surface area contributed by atoms with Gasteiger partial charge in [0.1, 0.15) is 0 Å². The molecular weight excluding hydrogens is 254 g/mol. The van der Waals surface area contributed by atoms with Gasteiger partial charge in [0, 0.05) is 30.8 Å². The standard InChI is InChI=1S/C11H13N3O3S/c15-8-10-5-11(7-13-10)18(16,17)14-6-9-1-3-12-4-2-9/h1-5,7,13-15H,6,8H2. The number of nitrogens with zero attached hydrogens (tertiary/aromatic N) is 1. The summed E-state index contributed by atoms with van der Waals surface area (Å²) in [5, 5.41) is 8.87. The van der Waals surface area contributed by atoms with Crippen LogP contribution in [-0.2, 0) is 23.2 Å². The highest BCUT2D eigenvalue weighted by Crippen LogP contribution is 2.11. The van der Waals surface area contributed by atoms with Gasteiger partial charge < -0.3 is 10.1 Å². The number of hydrogen-bond donors (Lipinski definition) is 3. The molecule has 0 saturated carbocycles. The van der Waals surface area contributed by atoms with Gasteiger partial charge in [-0.1, -0.05) is 0 Å². The van der Waals surface area contributed by atoms with E-state index in [1.807, 2.05) is 0 Å². The van der Waals surface area contributed by atoms with E-state index in [1.54, 1.807) is 24.5 Å². The van der Waals surface area contributed by atoms with Crippen LogP contribution >= 0.6 is 0 Å². The van der Waals surface area contributed by atoms with Gasteiger partial charge in [0.2, 0.25) is 10.0 Å². The number of aliphatic hydroxyl groups is 1. The van der Waals surface area contributed by atoms with Crippen molar-refractivity contribution in [2.45, 2.75) is 18.0 Å². The molecule has 96 valence electrons. The third-order valence-electron chi connectivity index (χ3n) is 2.41. The summed E-state index contributed by atoms with van der Waals surface area (Å²) in [6.45, 7) is -0.0234. The average molecular weight is 267 g/mol. The molecule has 0 aromatic carbocycles. The van der Waals surface area contributed by atoms with Gasteiger partial charge in [-0.3, -0.25) is 4.98 Å². The van der Waals surface area contributed by atoms with Crippen molar-refractivity contribution in [3.8, 4) is 0 Å². The molecule has 2 rings (SSSR count). The summed E-state index contributed by atoms with van der Waals surface area (Å²) in [5.74, 6) is 0. The van der Waals surface area contributed by atoms with E-state index >= 15 is 0 Å². The van der Waals surface area contributed by atoms with Gasteiger partial charge in [-0.2, -0.15) is 0 Å². The minimum absolute atomic E-state index is 0.112. The number of aliphatic hydroxyl groups excluding tert-OH is 1. The predicted molar refractivity (Wildman–Crippen MR) is 65.0 cm³/mol. The van der Waals surface area contributed by atoms with E-state index in [0.717, 1.165) is 5.56 Å². The first-order valence-corrected chi connectivity index (χ1v) is 6.77. The third kappa shape index (κ3) is 2.95. The van der Waals surface area contributed by atoms with Crippen LogP contribution in [-0.4, -0.2) is 23.5 Å². The quantitative estimate of drug-likeness (QED) is 0.730. The van der Waals surface area contributed by atoms with Crippen molar-refractivity contribution in [2.75, 3.05) is 0 Å². The number of hydrogen-bond acceptors (Lipinski definition) is 4. The largest absolute Gasteiger partial charge is 0.390 e. The van der Waals surface area contributed by atoms with Crippen LogP contribution in [0.4, 0.5) is 0 Å². The monoisotopic (exact) mass is 267 g/mol. The lowest BCUT2D eigenvalue weighted by Crippen LogP contribution is -2.22. The summed E-state index contributed by atoms with van der Waals surface area (Å²) >= 11 is 0. The lowest BCUT2D eigenvalue weighted by Gasteiger charge is -2.04. The molecule has 3 N–H and O–H groups in total. The fourth-order valence-corrected chi connectivity index (χ4v) is 2.46.